The zero-order valence-electron chi connectivity index (χ0n) is 10.1. The van der Waals surface area contributed by atoms with Crippen molar-refractivity contribution in [2.45, 2.75) is 10.8 Å². The highest BCUT2D eigenvalue weighted by molar-refractivity contribution is 7.98. The second kappa shape index (κ2) is 6.70. The second-order valence-electron chi connectivity index (χ2n) is 3.75. The summed E-state index contributed by atoms with van der Waals surface area (Å²) >= 11 is 1.62. The fourth-order valence-corrected chi connectivity index (χ4v) is 2.25. The maximum Gasteiger partial charge on any atom is 0.328 e. The van der Waals surface area contributed by atoms with Crippen LogP contribution in [0.4, 0.5) is 0 Å². The molecule has 2 rings (SSSR count). The molecule has 0 bridgehead atoms. The monoisotopic (exact) mass is 272 g/mol. The SMILES string of the molecule is O=C(O)C=Cc1cccc(CSc2ccncn2)c1. The minimum Gasteiger partial charge on any atom is -0.478 e. The topological polar surface area (TPSA) is 63.1 Å². The Kier molecular flexibility index (Phi) is 4.69. The summed E-state index contributed by atoms with van der Waals surface area (Å²) in [4.78, 5) is 18.5. The molecule has 0 radical (unpaired) electrons. The van der Waals surface area contributed by atoms with E-state index in [9.17, 15) is 4.79 Å². The lowest BCUT2D eigenvalue weighted by Gasteiger charge is -2.02. The summed E-state index contributed by atoms with van der Waals surface area (Å²) in [6.07, 6.45) is 5.95. The molecule has 1 heterocycles. The quantitative estimate of drug-likeness (QED) is 0.515. The Morgan fingerprint density at radius 1 is 1.37 bits per heavy atom. The van der Waals surface area contributed by atoms with Crippen molar-refractivity contribution in [3.8, 4) is 0 Å². The summed E-state index contributed by atoms with van der Waals surface area (Å²) in [5, 5.41) is 9.51. The van der Waals surface area contributed by atoms with Crippen LogP contribution < -0.4 is 0 Å². The normalized spacial score (nSPS) is 10.7. The van der Waals surface area contributed by atoms with Gasteiger partial charge in [-0.05, 0) is 23.3 Å². The maximum absolute atomic E-state index is 10.5. The number of carbonyl (C=O) groups is 1. The summed E-state index contributed by atoms with van der Waals surface area (Å²) in [5.74, 6) is -0.160. The summed E-state index contributed by atoms with van der Waals surface area (Å²) in [6.45, 7) is 0. The van der Waals surface area contributed by atoms with Crippen LogP contribution in [0.25, 0.3) is 6.08 Å². The largest absolute Gasteiger partial charge is 0.478 e. The first kappa shape index (κ1) is 13.3. The molecular weight excluding hydrogens is 260 g/mol. The van der Waals surface area contributed by atoms with Gasteiger partial charge >= 0.3 is 5.97 Å². The first-order valence-corrected chi connectivity index (χ1v) is 6.61. The van der Waals surface area contributed by atoms with Crippen LogP contribution in [0.5, 0.6) is 0 Å². The third kappa shape index (κ3) is 4.56. The molecule has 2 aromatic rings. The van der Waals surface area contributed by atoms with E-state index in [1.807, 2.05) is 30.3 Å². The van der Waals surface area contributed by atoms with E-state index in [0.717, 1.165) is 28.0 Å². The number of carboxylic acid groups (broad SMARTS) is 1. The van der Waals surface area contributed by atoms with Crippen LogP contribution >= 0.6 is 11.8 Å². The summed E-state index contributed by atoms with van der Waals surface area (Å²) in [5.41, 5.74) is 2.00. The zero-order chi connectivity index (χ0) is 13.5. The Balaban J connectivity index is 2.01. The number of aromatic nitrogens is 2. The van der Waals surface area contributed by atoms with Crippen molar-refractivity contribution in [1.82, 2.24) is 9.97 Å². The standard InChI is InChI=1S/C14H12N2O2S/c17-14(18)5-4-11-2-1-3-12(8-11)9-19-13-6-7-15-10-16-13/h1-8,10H,9H2,(H,17,18). The highest BCUT2D eigenvalue weighted by Gasteiger charge is 1.98. The Labute approximate surface area is 115 Å². The van der Waals surface area contributed by atoms with Gasteiger partial charge in [0.2, 0.25) is 0 Å². The van der Waals surface area contributed by atoms with E-state index < -0.39 is 5.97 Å². The van der Waals surface area contributed by atoms with Gasteiger partial charge in [-0.2, -0.15) is 0 Å². The predicted molar refractivity (Wildman–Crippen MR) is 74.7 cm³/mol. The molecule has 0 spiro atoms. The van der Waals surface area contributed by atoms with E-state index in [-0.39, 0.29) is 0 Å². The Bertz CT molecular complexity index is 585. The number of hydrogen-bond acceptors (Lipinski definition) is 4. The number of benzene rings is 1. The van der Waals surface area contributed by atoms with E-state index in [1.165, 1.54) is 6.33 Å². The molecule has 0 amide bonds. The smallest absolute Gasteiger partial charge is 0.328 e. The molecule has 96 valence electrons. The molecule has 0 aliphatic heterocycles. The molecule has 1 N–H and O–H groups in total. The molecule has 0 atom stereocenters. The maximum atomic E-state index is 10.5. The number of thioether (sulfide) groups is 1. The van der Waals surface area contributed by atoms with Gasteiger partial charge in [-0.3, -0.25) is 0 Å². The molecule has 1 aromatic carbocycles. The minimum absolute atomic E-state index is 0.783. The van der Waals surface area contributed by atoms with Crippen molar-refractivity contribution in [3.05, 3.63) is 60.1 Å². The highest BCUT2D eigenvalue weighted by atomic mass is 32.2. The van der Waals surface area contributed by atoms with Crippen molar-refractivity contribution in [2.24, 2.45) is 0 Å². The second-order valence-corrected chi connectivity index (χ2v) is 4.75. The molecular formula is C14H12N2O2S. The van der Waals surface area contributed by atoms with E-state index >= 15 is 0 Å². The molecule has 0 aliphatic rings. The van der Waals surface area contributed by atoms with Crippen LogP contribution in [0.15, 0.2) is 54.0 Å². The van der Waals surface area contributed by atoms with Crippen molar-refractivity contribution >= 4 is 23.8 Å². The van der Waals surface area contributed by atoms with Crippen LogP contribution in [0.1, 0.15) is 11.1 Å². The fourth-order valence-electron chi connectivity index (χ4n) is 1.48. The van der Waals surface area contributed by atoms with E-state index in [1.54, 1.807) is 24.0 Å². The average Bonchev–Trinajstić information content (AvgIpc) is 2.44. The first-order chi connectivity index (χ1) is 9.24. The van der Waals surface area contributed by atoms with Crippen LogP contribution in [-0.2, 0) is 10.5 Å². The molecule has 4 nitrogen and oxygen atoms in total. The number of nitrogens with zero attached hydrogens (tertiary/aromatic N) is 2. The van der Waals surface area contributed by atoms with Crippen molar-refractivity contribution in [2.75, 3.05) is 0 Å². The lowest BCUT2D eigenvalue weighted by Crippen LogP contribution is -1.87. The van der Waals surface area contributed by atoms with Gasteiger partial charge in [0.15, 0.2) is 0 Å². The van der Waals surface area contributed by atoms with E-state index in [2.05, 4.69) is 9.97 Å². The summed E-state index contributed by atoms with van der Waals surface area (Å²) < 4.78 is 0. The highest BCUT2D eigenvalue weighted by Crippen LogP contribution is 2.20. The van der Waals surface area contributed by atoms with Gasteiger partial charge in [0, 0.05) is 18.0 Å². The molecule has 19 heavy (non-hydrogen) atoms. The molecule has 0 aliphatic carbocycles. The van der Waals surface area contributed by atoms with Crippen molar-refractivity contribution in [3.63, 3.8) is 0 Å². The van der Waals surface area contributed by atoms with Crippen molar-refractivity contribution in [1.29, 1.82) is 0 Å². The fraction of sp³-hybridized carbons (Fsp3) is 0.0714. The van der Waals surface area contributed by atoms with Gasteiger partial charge in [-0.15, -0.1) is 11.8 Å². The van der Waals surface area contributed by atoms with Crippen molar-refractivity contribution < 1.29 is 9.90 Å². The Morgan fingerprint density at radius 2 is 2.26 bits per heavy atom. The average molecular weight is 272 g/mol. The molecule has 0 unspecified atom stereocenters. The molecule has 0 saturated heterocycles. The lowest BCUT2D eigenvalue weighted by molar-refractivity contribution is -0.131. The third-order valence-corrected chi connectivity index (χ3v) is 3.33. The Hall–Kier alpha value is -2.14. The van der Waals surface area contributed by atoms with Gasteiger partial charge in [0.1, 0.15) is 6.33 Å². The third-order valence-electron chi connectivity index (χ3n) is 2.31. The van der Waals surface area contributed by atoms with E-state index in [0.29, 0.717) is 0 Å². The first-order valence-electron chi connectivity index (χ1n) is 5.63. The van der Waals surface area contributed by atoms with Gasteiger partial charge in [0.25, 0.3) is 0 Å². The molecule has 1 aromatic heterocycles. The molecule has 0 fully saturated rings. The summed E-state index contributed by atoms with van der Waals surface area (Å²) in [7, 11) is 0. The van der Waals surface area contributed by atoms with Gasteiger partial charge < -0.3 is 5.11 Å². The minimum atomic E-state index is -0.944. The zero-order valence-corrected chi connectivity index (χ0v) is 10.9. The Morgan fingerprint density at radius 3 is 3.00 bits per heavy atom. The molecule has 5 heteroatoms. The van der Waals surface area contributed by atoms with Crippen LogP contribution in [0, 0.1) is 0 Å². The van der Waals surface area contributed by atoms with Crippen LogP contribution in [-0.4, -0.2) is 21.0 Å². The van der Waals surface area contributed by atoms with Gasteiger partial charge in [-0.1, -0.05) is 24.3 Å². The number of hydrogen-bond donors (Lipinski definition) is 1. The van der Waals surface area contributed by atoms with E-state index in [4.69, 9.17) is 5.11 Å². The number of aliphatic carboxylic acids is 1. The number of rotatable bonds is 5. The number of carboxylic acids is 1. The van der Waals surface area contributed by atoms with Crippen LogP contribution in [0.2, 0.25) is 0 Å². The predicted octanol–water partition coefficient (Wildman–Crippen LogP) is 2.87. The molecule has 0 saturated carbocycles. The lowest BCUT2D eigenvalue weighted by atomic mass is 10.1. The van der Waals surface area contributed by atoms with Gasteiger partial charge in [0.05, 0.1) is 5.03 Å². The summed E-state index contributed by atoms with van der Waals surface area (Å²) in [6, 6.07) is 9.62. The van der Waals surface area contributed by atoms with Crippen LogP contribution in [0.3, 0.4) is 0 Å². The van der Waals surface area contributed by atoms with Gasteiger partial charge in [-0.25, -0.2) is 14.8 Å².